The van der Waals surface area contributed by atoms with Crippen LogP contribution in [-0.4, -0.2) is 30.7 Å². The molecule has 0 aliphatic rings. The van der Waals surface area contributed by atoms with Crippen LogP contribution in [0.5, 0.6) is 0 Å². The molecule has 0 saturated heterocycles. The number of amides is 1. The predicted octanol–water partition coefficient (Wildman–Crippen LogP) is 2.77. The van der Waals surface area contributed by atoms with Gasteiger partial charge in [-0.3, -0.25) is 4.79 Å². The third-order valence-electron chi connectivity index (χ3n) is 3.14. The number of hydrogen-bond acceptors (Lipinski definition) is 3. The number of ether oxygens (including phenoxy) is 1. The summed E-state index contributed by atoms with van der Waals surface area (Å²) in [4.78, 5) is 12.4. The minimum atomic E-state index is -0.308. The van der Waals surface area contributed by atoms with Crippen LogP contribution in [0, 0.1) is 11.3 Å². The van der Waals surface area contributed by atoms with Gasteiger partial charge in [0, 0.05) is 26.5 Å². The average Bonchev–Trinajstić information content (AvgIpc) is 2.95. The molecule has 0 saturated carbocycles. The maximum Gasteiger partial charge on any atom is 0.269 e. The van der Waals surface area contributed by atoms with E-state index < -0.39 is 0 Å². The van der Waals surface area contributed by atoms with Crippen LogP contribution in [0.4, 0.5) is 0 Å². The first kappa shape index (κ1) is 16.1. The summed E-state index contributed by atoms with van der Waals surface area (Å²) < 4.78 is 6.57. The molecule has 0 unspecified atom stereocenters. The first-order valence-corrected chi connectivity index (χ1v) is 7.20. The molecule has 22 heavy (non-hydrogen) atoms. The van der Waals surface area contributed by atoms with Crippen molar-refractivity contribution in [2.75, 3.05) is 20.3 Å². The smallest absolute Gasteiger partial charge is 0.269 e. The Kier molecular flexibility index (Phi) is 5.59. The second-order valence-corrected chi connectivity index (χ2v) is 5.02. The number of carbonyl (C=O) groups excluding carboxylic acids is 1. The van der Waals surface area contributed by atoms with E-state index in [1.807, 2.05) is 18.2 Å². The molecule has 5 nitrogen and oxygen atoms in total. The standard InChI is InChI=1S/C16H16ClN3O2/c1-22-10-4-8-19-16(21)15-12(11-18)7-9-20(15)14-6-3-2-5-13(14)17/h2-3,5-7,9H,4,8,10H2,1H3,(H,19,21). The Morgan fingerprint density at radius 3 is 2.86 bits per heavy atom. The lowest BCUT2D eigenvalue weighted by Gasteiger charge is -2.11. The monoisotopic (exact) mass is 317 g/mol. The molecule has 1 heterocycles. The topological polar surface area (TPSA) is 67.0 Å². The van der Waals surface area contributed by atoms with Gasteiger partial charge in [0.05, 0.1) is 16.3 Å². The molecule has 6 heteroatoms. The van der Waals surface area contributed by atoms with Crippen molar-refractivity contribution in [1.29, 1.82) is 5.26 Å². The summed E-state index contributed by atoms with van der Waals surface area (Å²) in [5, 5.41) is 12.5. The number of rotatable bonds is 6. The largest absolute Gasteiger partial charge is 0.385 e. The highest BCUT2D eigenvalue weighted by molar-refractivity contribution is 6.32. The van der Waals surface area contributed by atoms with Gasteiger partial charge in [0.15, 0.2) is 0 Å². The lowest BCUT2D eigenvalue weighted by Crippen LogP contribution is -2.28. The van der Waals surface area contributed by atoms with E-state index in [9.17, 15) is 10.1 Å². The Hall–Kier alpha value is -2.29. The van der Waals surface area contributed by atoms with Crippen LogP contribution >= 0.6 is 11.6 Å². The van der Waals surface area contributed by atoms with E-state index in [0.29, 0.717) is 35.8 Å². The summed E-state index contributed by atoms with van der Waals surface area (Å²) >= 11 is 6.18. The number of para-hydroxylation sites is 1. The van der Waals surface area contributed by atoms with Crippen LogP contribution in [0.2, 0.25) is 5.02 Å². The fourth-order valence-corrected chi connectivity index (χ4v) is 2.33. The first-order valence-electron chi connectivity index (χ1n) is 6.82. The predicted molar refractivity (Wildman–Crippen MR) is 84.3 cm³/mol. The highest BCUT2D eigenvalue weighted by Crippen LogP contribution is 2.23. The molecule has 0 aliphatic heterocycles. The maximum absolute atomic E-state index is 12.4. The van der Waals surface area contributed by atoms with Gasteiger partial charge < -0.3 is 14.6 Å². The molecule has 0 radical (unpaired) electrons. The van der Waals surface area contributed by atoms with Crippen molar-refractivity contribution in [3.63, 3.8) is 0 Å². The Bertz CT molecular complexity index is 704. The third-order valence-corrected chi connectivity index (χ3v) is 3.46. The van der Waals surface area contributed by atoms with Gasteiger partial charge in [-0.2, -0.15) is 5.26 Å². The zero-order valence-corrected chi connectivity index (χ0v) is 12.9. The van der Waals surface area contributed by atoms with Crippen molar-refractivity contribution in [1.82, 2.24) is 9.88 Å². The molecule has 1 N–H and O–H groups in total. The minimum Gasteiger partial charge on any atom is -0.385 e. The number of carbonyl (C=O) groups is 1. The van der Waals surface area contributed by atoms with Crippen molar-refractivity contribution in [2.45, 2.75) is 6.42 Å². The summed E-state index contributed by atoms with van der Waals surface area (Å²) in [5.74, 6) is -0.308. The second kappa shape index (κ2) is 7.64. The molecule has 1 aromatic carbocycles. The van der Waals surface area contributed by atoms with Crippen LogP contribution in [0.3, 0.4) is 0 Å². The van der Waals surface area contributed by atoms with E-state index in [1.54, 1.807) is 36.1 Å². The zero-order valence-electron chi connectivity index (χ0n) is 12.2. The molecular weight excluding hydrogens is 302 g/mol. The van der Waals surface area contributed by atoms with Gasteiger partial charge in [-0.15, -0.1) is 0 Å². The molecule has 0 spiro atoms. The number of nitriles is 1. The van der Waals surface area contributed by atoms with Gasteiger partial charge in [0.25, 0.3) is 5.91 Å². The first-order chi connectivity index (χ1) is 10.7. The van der Waals surface area contributed by atoms with E-state index in [1.165, 1.54) is 0 Å². The van der Waals surface area contributed by atoms with Crippen molar-refractivity contribution >= 4 is 17.5 Å². The molecule has 1 aromatic heterocycles. The second-order valence-electron chi connectivity index (χ2n) is 4.61. The molecular formula is C16H16ClN3O2. The van der Waals surface area contributed by atoms with Crippen molar-refractivity contribution in [2.24, 2.45) is 0 Å². The number of hydrogen-bond donors (Lipinski definition) is 1. The summed E-state index contributed by atoms with van der Waals surface area (Å²) in [7, 11) is 1.61. The number of methoxy groups -OCH3 is 1. The van der Waals surface area contributed by atoms with Crippen molar-refractivity contribution in [3.8, 4) is 11.8 Å². The van der Waals surface area contributed by atoms with E-state index in [0.717, 1.165) is 0 Å². The average molecular weight is 318 g/mol. The SMILES string of the molecule is COCCCNC(=O)c1c(C#N)ccn1-c1ccccc1Cl. The molecule has 0 fully saturated rings. The number of aromatic nitrogens is 1. The summed E-state index contributed by atoms with van der Waals surface area (Å²) in [5.41, 5.74) is 1.25. The molecule has 2 rings (SSSR count). The Morgan fingerprint density at radius 2 is 2.18 bits per heavy atom. The molecule has 114 valence electrons. The fraction of sp³-hybridized carbons (Fsp3) is 0.250. The van der Waals surface area contributed by atoms with Gasteiger partial charge in [-0.25, -0.2) is 0 Å². The van der Waals surface area contributed by atoms with Gasteiger partial charge in [0.2, 0.25) is 0 Å². The van der Waals surface area contributed by atoms with Gasteiger partial charge in [0.1, 0.15) is 11.8 Å². The molecule has 2 aromatic rings. The summed E-state index contributed by atoms with van der Waals surface area (Å²) in [6.07, 6.45) is 2.38. The molecule has 1 amide bonds. The van der Waals surface area contributed by atoms with E-state index in [-0.39, 0.29) is 11.6 Å². The number of benzene rings is 1. The lowest BCUT2D eigenvalue weighted by atomic mass is 10.2. The highest BCUT2D eigenvalue weighted by atomic mass is 35.5. The summed E-state index contributed by atoms with van der Waals surface area (Å²) in [6, 6.07) is 10.8. The quantitative estimate of drug-likeness (QED) is 0.833. The highest BCUT2D eigenvalue weighted by Gasteiger charge is 2.18. The third kappa shape index (κ3) is 3.48. The summed E-state index contributed by atoms with van der Waals surface area (Å²) in [6.45, 7) is 1.04. The van der Waals surface area contributed by atoms with Crippen LogP contribution in [0.1, 0.15) is 22.5 Å². The van der Waals surface area contributed by atoms with Crippen LogP contribution in [0.25, 0.3) is 5.69 Å². The van der Waals surface area contributed by atoms with Gasteiger partial charge in [-0.05, 0) is 24.6 Å². The lowest BCUT2D eigenvalue weighted by molar-refractivity contribution is 0.0941. The normalized spacial score (nSPS) is 10.2. The van der Waals surface area contributed by atoms with Crippen LogP contribution in [0.15, 0.2) is 36.5 Å². The Labute approximate surface area is 134 Å². The number of halogens is 1. The molecule has 0 aliphatic carbocycles. The number of nitrogens with one attached hydrogen (secondary N) is 1. The number of nitrogens with zero attached hydrogens (tertiary/aromatic N) is 2. The minimum absolute atomic E-state index is 0.285. The van der Waals surface area contributed by atoms with E-state index >= 15 is 0 Å². The van der Waals surface area contributed by atoms with Crippen LogP contribution in [-0.2, 0) is 4.74 Å². The Balaban J connectivity index is 2.30. The zero-order chi connectivity index (χ0) is 15.9. The maximum atomic E-state index is 12.4. The van der Waals surface area contributed by atoms with Gasteiger partial charge in [-0.1, -0.05) is 23.7 Å². The van der Waals surface area contributed by atoms with E-state index in [2.05, 4.69) is 5.32 Å². The Morgan fingerprint density at radius 1 is 1.41 bits per heavy atom. The fourth-order valence-electron chi connectivity index (χ4n) is 2.10. The van der Waals surface area contributed by atoms with E-state index in [4.69, 9.17) is 16.3 Å². The molecule has 0 atom stereocenters. The van der Waals surface area contributed by atoms with Crippen molar-refractivity contribution < 1.29 is 9.53 Å². The van der Waals surface area contributed by atoms with Crippen molar-refractivity contribution in [3.05, 3.63) is 52.8 Å². The van der Waals surface area contributed by atoms with Gasteiger partial charge >= 0.3 is 0 Å². The molecule has 0 bridgehead atoms. The van der Waals surface area contributed by atoms with Crippen LogP contribution < -0.4 is 5.32 Å².